The first kappa shape index (κ1) is 23.0. The lowest BCUT2D eigenvalue weighted by Crippen LogP contribution is -2.43. The first-order valence-corrected chi connectivity index (χ1v) is 13.4. The van der Waals surface area contributed by atoms with Crippen LogP contribution in [0.25, 0.3) is 0 Å². The fourth-order valence-electron chi connectivity index (χ4n) is 4.64. The lowest BCUT2D eigenvalue weighted by Gasteiger charge is -2.31. The van der Waals surface area contributed by atoms with Gasteiger partial charge in [0.25, 0.3) is 5.91 Å². The minimum atomic E-state index is -3.85. The fourth-order valence-corrected chi connectivity index (χ4v) is 7.17. The lowest BCUT2D eigenvalue weighted by molar-refractivity contribution is -0.126. The Labute approximate surface area is 193 Å². The number of rotatable bonds is 6. The maximum Gasteiger partial charge on any atom is 0.257 e. The Bertz CT molecular complexity index is 1080. The summed E-state index contributed by atoms with van der Waals surface area (Å²) in [5, 5.41) is 4.93. The molecule has 0 unspecified atom stereocenters. The molecule has 0 radical (unpaired) electrons. The Kier molecular flexibility index (Phi) is 6.73. The molecule has 2 aromatic heterocycles. The van der Waals surface area contributed by atoms with Crippen molar-refractivity contribution in [3.05, 3.63) is 39.3 Å². The zero-order valence-corrected chi connectivity index (χ0v) is 20.2. The van der Waals surface area contributed by atoms with Crippen molar-refractivity contribution in [3.63, 3.8) is 0 Å². The van der Waals surface area contributed by atoms with Crippen LogP contribution in [0.4, 0.5) is 0 Å². The SMILES string of the molecule is Cc1[nH]c(C)c(S(=O)(=O)N2CCC(C(=O)NCc3cccs3)CC2)c1C(=O)N1CCCC1. The van der Waals surface area contributed by atoms with Crippen molar-refractivity contribution < 1.29 is 18.0 Å². The van der Waals surface area contributed by atoms with Gasteiger partial charge in [-0.05, 0) is 51.0 Å². The summed E-state index contributed by atoms with van der Waals surface area (Å²) in [6.07, 6.45) is 2.82. The standard InChI is InChI=1S/C22H30N4O4S2/c1-15-19(22(28)25-9-3-4-10-25)20(16(2)24-15)32(29,30)26-11-7-17(8-12-26)21(27)23-14-18-6-5-13-31-18/h5-6,13,17,24H,3-4,7-12,14H2,1-2H3,(H,23,27). The minimum absolute atomic E-state index is 0.0333. The van der Waals surface area contributed by atoms with Crippen molar-refractivity contribution >= 4 is 33.2 Å². The number of carbonyl (C=O) groups is 2. The van der Waals surface area contributed by atoms with E-state index in [-0.39, 0.29) is 41.3 Å². The molecule has 2 aromatic rings. The molecule has 0 saturated carbocycles. The van der Waals surface area contributed by atoms with E-state index in [9.17, 15) is 18.0 Å². The molecule has 2 fully saturated rings. The molecule has 4 rings (SSSR count). The number of thiophene rings is 1. The monoisotopic (exact) mass is 478 g/mol. The van der Waals surface area contributed by atoms with Crippen LogP contribution in [0.2, 0.25) is 0 Å². The zero-order valence-electron chi connectivity index (χ0n) is 18.5. The number of nitrogens with zero attached hydrogens (tertiary/aromatic N) is 2. The molecular weight excluding hydrogens is 448 g/mol. The molecule has 0 atom stereocenters. The summed E-state index contributed by atoms with van der Waals surface area (Å²) < 4.78 is 28.5. The maximum absolute atomic E-state index is 13.6. The largest absolute Gasteiger partial charge is 0.361 e. The Hall–Kier alpha value is -2.17. The van der Waals surface area contributed by atoms with Crippen molar-refractivity contribution in [2.75, 3.05) is 26.2 Å². The molecule has 0 aliphatic carbocycles. The highest BCUT2D eigenvalue weighted by molar-refractivity contribution is 7.89. The molecule has 0 bridgehead atoms. The number of piperidine rings is 1. The molecule has 8 nitrogen and oxygen atoms in total. The summed E-state index contributed by atoms with van der Waals surface area (Å²) in [6.45, 7) is 5.80. The molecule has 4 heterocycles. The van der Waals surface area contributed by atoms with Gasteiger partial charge in [-0.25, -0.2) is 8.42 Å². The normalized spacial score (nSPS) is 18.2. The average molecular weight is 479 g/mol. The number of amides is 2. The highest BCUT2D eigenvalue weighted by Crippen LogP contribution is 2.31. The third-order valence-corrected chi connectivity index (χ3v) is 9.31. The number of likely N-dealkylation sites (tertiary alicyclic amines) is 1. The predicted molar refractivity (Wildman–Crippen MR) is 123 cm³/mol. The van der Waals surface area contributed by atoms with Gasteiger partial charge in [0.1, 0.15) is 4.90 Å². The van der Waals surface area contributed by atoms with Crippen LogP contribution in [0.3, 0.4) is 0 Å². The van der Waals surface area contributed by atoms with Gasteiger partial charge in [-0.1, -0.05) is 6.07 Å². The summed E-state index contributed by atoms with van der Waals surface area (Å²) in [5.41, 5.74) is 1.34. The number of aromatic amines is 1. The summed E-state index contributed by atoms with van der Waals surface area (Å²) in [7, 11) is -3.85. The van der Waals surface area contributed by atoms with Gasteiger partial charge in [0.05, 0.1) is 12.1 Å². The number of H-pyrrole nitrogens is 1. The van der Waals surface area contributed by atoms with Crippen LogP contribution in [0.15, 0.2) is 22.4 Å². The van der Waals surface area contributed by atoms with Crippen molar-refractivity contribution in [2.45, 2.75) is 51.0 Å². The molecule has 0 aromatic carbocycles. The number of sulfonamides is 1. The van der Waals surface area contributed by atoms with E-state index in [0.717, 1.165) is 17.7 Å². The van der Waals surface area contributed by atoms with Crippen molar-refractivity contribution in [1.29, 1.82) is 0 Å². The Morgan fingerprint density at radius 1 is 1.12 bits per heavy atom. The minimum Gasteiger partial charge on any atom is -0.361 e. The molecule has 10 heteroatoms. The Morgan fingerprint density at radius 3 is 2.44 bits per heavy atom. The van der Waals surface area contributed by atoms with Crippen molar-refractivity contribution in [2.24, 2.45) is 5.92 Å². The van der Waals surface area contributed by atoms with Gasteiger partial charge in [0, 0.05) is 48.4 Å². The van der Waals surface area contributed by atoms with Gasteiger partial charge in [-0.3, -0.25) is 9.59 Å². The number of aryl methyl sites for hydroxylation is 2. The van der Waals surface area contributed by atoms with E-state index in [1.54, 1.807) is 30.1 Å². The quantitative estimate of drug-likeness (QED) is 0.666. The Balaban J connectivity index is 1.46. The second kappa shape index (κ2) is 9.36. The van der Waals surface area contributed by atoms with Gasteiger partial charge >= 0.3 is 0 Å². The number of nitrogens with one attached hydrogen (secondary N) is 2. The van der Waals surface area contributed by atoms with E-state index in [2.05, 4.69) is 10.3 Å². The van der Waals surface area contributed by atoms with Gasteiger partial charge in [0.15, 0.2) is 0 Å². The Morgan fingerprint density at radius 2 is 1.81 bits per heavy atom. The van der Waals surface area contributed by atoms with Gasteiger partial charge in [-0.15, -0.1) is 11.3 Å². The van der Waals surface area contributed by atoms with Crippen LogP contribution in [0.5, 0.6) is 0 Å². The third-order valence-electron chi connectivity index (χ3n) is 6.36. The first-order valence-electron chi connectivity index (χ1n) is 11.1. The van der Waals surface area contributed by atoms with Crippen molar-refractivity contribution in [1.82, 2.24) is 19.5 Å². The summed E-state index contributed by atoms with van der Waals surface area (Å²) in [4.78, 5) is 31.6. The fraction of sp³-hybridized carbons (Fsp3) is 0.545. The highest BCUT2D eigenvalue weighted by atomic mass is 32.2. The molecular formula is C22H30N4O4S2. The maximum atomic E-state index is 13.6. The second-order valence-corrected chi connectivity index (χ2v) is 11.5. The highest BCUT2D eigenvalue weighted by Gasteiger charge is 2.38. The molecule has 2 aliphatic rings. The van der Waals surface area contributed by atoms with Crippen LogP contribution < -0.4 is 5.32 Å². The van der Waals surface area contributed by atoms with Gasteiger partial charge in [0.2, 0.25) is 15.9 Å². The second-order valence-electron chi connectivity index (χ2n) is 8.55. The average Bonchev–Trinajstić information content (AvgIpc) is 3.53. The molecule has 2 aliphatic heterocycles. The number of carbonyl (C=O) groups excluding carboxylic acids is 2. The van der Waals surface area contributed by atoms with Crippen LogP contribution >= 0.6 is 11.3 Å². The predicted octanol–water partition coefficient (Wildman–Crippen LogP) is 2.65. The molecule has 174 valence electrons. The molecule has 2 N–H and O–H groups in total. The zero-order chi connectivity index (χ0) is 22.9. The van der Waals surface area contributed by atoms with Crippen LogP contribution in [0.1, 0.15) is 52.3 Å². The summed E-state index contributed by atoms with van der Waals surface area (Å²) in [5.74, 6) is -0.457. The van der Waals surface area contributed by atoms with E-state index in [4.69, 9.17) is 0 Å². The van der Waals surface area contributed by atoms with Crippen LogP contribution in [0, 0.1) is 19.8 Å². The van der Waals surface area contributed by atoms with E-state index in [0.29, 0.717) is 43.9 Å². The molecule has 32 heavy (non-hydrogen) atoms. The van der Waals surface area contributed by atoms with E-state index < -0.39 is 10.0 Å². The van der Waals surface area contributed by atoms with E-state index in [1.807, 2.05) is 17.5 Å². The number of hydrogen-bond donors (Lipinski definition) is 2. The molecule has 2 amide bonds. The first-order chi connectivity index (χ1) is 15.3. The van der Waals surface area contributed by atoms with E-state index in [1.165, 1.54) is 4.31 Å². The number of hydrogen-bond acceptors (Lipinski definition) is 5. The number of aromatic nitrogens is 1. The topological polar surface area (TPSA) is 103 Å². The molecule has 2 saturated heterocycles. The third kappa shape index (κ3) is 4.49. The molecule has 0 spiro atoms. The van der Waals surface area contributed by atoms with Gasteiger partial charge < -0.3 is 15.2 Å². The van der Waals surface area contributed by atoms with Crippen LogP contribution in [-0.2, 0) is 21.4 Å². The van der Waals surface area contributed by atoms with Crippen LogP contribution in [-0.4, -0.2) is 60.6 Å². The summed E-state index contributed by atoms with van der Waals surface area (Å²) in [6, 6.07) is 3.92. The summed E-state index contributed by atoms with van der Waals surface area (Å²) >= 11 is 1.59. The van der Waals surface area contributed by atoms with Gasteiger partial charge in [-0.2, -0.15) is 4.31 Å². The lowest BCUT2D eigenvalue weighted by atomic mass is 9.97. The smallest absolute Gasteiger partial charge is 0.257 e. The van der Waals surface area contributed by atoms with E-state index >= 15 is 0 Å². The van der Waals surface area contributed by atoms with Crippen molar-refractivity contribution in [3.8, 4) is 0 Å².